The van der Waals surface area contributed by atoms with Crippen molar-refractivity contribution in [2.75, 3.05) is 26.2 Å². The van der Waals surface area contributed by atoms with Gasteiger partial charge in [-0.2, -0.15) is 0 Å². The average molecular weight is 426 g/mol. The Bertz CT molecular complexity index is 682. The van der Waals surface area contributed by atoms with Crippen molar-refractivity contribution in [3.8, 4) is 5.75 Å². The second kappa shape index (κ2) is 9.22. The van der Waals surface area contributed by atoms with Crippen LogP contribution in [0.25, 0.3) is 0 Å². The third-order valence-corrected chi connectivity index (χ3v) is 5.03. The summed E-state index contributed by atoms with van der Waals surface area (Å²) in [5.74, 6) is 1.30. The molecule has 1 saturated heterocycles. The standard InChI is InChI=1S/C19H21BrN2O2.ClH/c20-16-6-8-17(9-7-16)24-13-19(23)22-11-15(10-21)18(12-22)14-4-2-1-3-5-14;/h1-9,15,18H,10-13,21H2;1H/t15-,18+;/m1./s1. The van der Waals surface area contributed by atoms with Crippen molar-refractivity contribution in [3.63, 3.8) is 0 Å². The number of carbonyl (C=O) groups is 1. The number of nitrogens with zero attached hydrogens (tertiary/aromatic N) is 1. The molecule has 2 N–H and O–H groups in total. The first kappa shape index (κ1) is 19.8. The van der Waals surface area contributed by atoms with Gasteiger partial charge in [-0.05, 0) is 42.3 Å². The van der Waals surface area contributed by atoms with Crippen LogP contribution >= 0.6 is 28.3 Å². The lowest BCUT2D eigenvalue weighted by Gasteiger charge is -2.17. The van der Waals surface area contributed by atoms with E-state index in [9.17, 15) is 4.79 Å². The van der Waals surface area contributed by atoms with Crippen LogP contribution in [0.1, 0.15) is 11.5 Å². The van der Waals surface area contributed by atoms with Gasteiger partial charge in [0.2, 0.25) is 0 Å². The van der Waals surface area contributed by atoms with Crippen LogP contribution in [0.5, 0.6) is 5.75 Å². The van der Waals surface area contributed by atoms with Gasteiger partial charge in [0, 0.05) is 23.5 Å². The Morgan fingerprint density at radius 3 is 2.44 bits per heavy atom. The Kier molecular flexibility index (Phi) is 7.29. The van der Waals surface area contributed by atoms with E-state index in [-0.39, 0.29) is 24.9 Å². The minimum atomic E-state index is 0. The van der Waals surface area contributed by atoms with Crippen LogP contribution in [0.2, 0.25) is 0 Å². The predicted molar refractivity (Wildman–Crippen MR) is 105 cm³/mol. The van der Waals surface area contributed by atoms with Crippen molar-refractivity contribution in [1.82, 2.24) is 4.90 Å². The molecule has 1 fully saturated rings. The number of hydrogen-bond donors (Lipinski definition) is 1. The molecule has 0 radical (unpaired) electrons. The Balaban J connectivity index is 0.00000225. The zero-order valence-electron chi connectivity index (χ0n) is 13.8. The van der Waals surface area contributed by atoms with Gasteiger partial charge in [0.1, 0.15) is 5.75 Å². The minimum Gasteiger partial charge on any atom is -0.484 e. The second-order valence-electron chi connectivity index (χ2n) is 6.05. The molecule has 0 aromatic heterocycles. The molecule has 1 heterocycles. The van der Waals surface area contributed by atoms with Gasteiger partial charge in [0.05, 0.1) is 0 Å². The van der Waals surface area contributed by atoms with Gasteiger partial charge in [0.15, 0.2) is 6.61 Å². The molecule has 0 bridgehead atoms. The molecule has 2 aromatic rings. The number of amides is 1. The van der Waals surface area contributed by atoms with Crippen molar-refractivity contribution in [2.45, 2.75) is 5.92 Å². The molecule has 134 valence electrons. The van der Waals surface area contributed by atoms with E-state index in [1.807, 2.05) is 47.4 Å². The molecule has 6 heteroatoms. The van der Waals surface area contributed by atoms with Crippen molar-refractivity contribution in [2.24, 2.45) is 11.7 Å². The highest BCUT2D eigenvalue weighted by Crippen LogP contribution is 2.32. The number of nitrogens with two attached hydrogens (primary N) is 1. The van der Waals surface area contributed by atoms with E-state index in [0.29, 0.717) is 37.2 Å². The Morgan fingerprint density at radius 2 is 1.80 bits per heavy atom. The number of benzene rings is 2. The topological polar surface area (TPSA) is 55.6 Å². The van der Waals surface area contributed by atoms with Crippen LogP contribution < -0.4 is 10.5 Å². The summed E-state index contributed by atoms with van der Waals surface area (Å²) in [5.41, 5.74) is 7.18. The lowest BCUT2D eigenvalue weighted by molar-refractivity contribution is -0.132. The summed E-state index contributed by atoms with van der Waals surface area (Å²) in [6.07, 6.45) is 0. The van der Waals surface area contributed by atoms with Gasteiger partial charge >= 0.3 is 0 Å². The zero-order valence-corrected chi connectivity index (χ0v) is 16.2. The van der Waals surface area contributed by atoms with E-state index >= 15 is 0 Å². The Labute approximate surface area is 162 Å². The van der Waals surface area contributed by atoms with Crippen LogP contribution in [0.3, 0.4) is 0 Å². The Morgan fingerprint density at radius 1 is 1.12 bits per heavy atom. The maximum atomic E-state index is 12.5. The summed E-state index contributed by atoms with van der Waals surface area (Å²) in [6.45, 7) is 2.03. The molecular weight excluding hydrogens is 404 g/mol. The number of rotatable bonds is 5. The highest BCUT2D eigenvalue weighted by atomic mass is 79.9. The van der Waals surface area contributed by atoms with E-state index in [2.05, 4.69) is 28.1 Å². The quantitative estimate of drug-likeness (QED) is 0.798. The van der Waals surface area contributed by atoms with Crippen molar-refractivity contribution < 1.29 is 9.53 Å². The smallest absolute Gasteiger partial charge is 0.260 e. The average Bonchev–Trinajstić information content (AvgIpc) is 3.06. The molecule has 1 aliphatic rings. The lowest BCUT2D eigenvalue weighted by Crippen LogP contribution is -2.33. The molecular formula is C19H22BrClN2O2. The molecule has 0 aliphatic carbocycles. The number of likely N-dealkylation sites (tertiary alicyclic amines) is 1. The van der Waals surface area contributed by atoms with Crippen LogP contribution in [-0.2, 0) is 4.79 Å². The van der Waals surface area contributed by atoms with Crippen molar-refractivity contribution >= 4 is 34.2 Å². The van der Waals surface area contributed by atoms with Crippen LogP contribution in [-0.4, -0.2) is 37.0 Å². The van der Waals surface area contributed by atoms with Crippen molar-refractivity contribution in [1.29, 1.82) is 0 Å². The van der Waals surface area contributed by atoms with Gasteiger partial charge in [-0.3, -0.25) is 4.79 Å². The molecule has 25 heavy (non-hydrogen) atoms. The predicted octanol–water partition coefficient (Wildman–Crippen LogP) is 3.45. The maximum Gasteiger partial charge on any atom is 0.260 e. The third-order valence-electron chi connectivity index (χ3n) is 4.50. The molecule has 0 unspecified atom stereocenters. The summed E-state index contributed by atoms with van der Waals surface area (Å²) >= 11 is 3.38. The molecule has 0 saturated carbocycles. The van der Waals surface area contributed by atoms with Crippen LogP contribution in [0, 0.1) is 5.92 Å². The zero-order chi connectivity index (χ0) is 16.9. The third kappa shape index (κ3) is 4.97. The fourth-order valence-electron chi connectivity index (χ4n) is 3.16. The molecule has 0 spiro atoms. The van der Waals surface area contributed by atoms with E-state index in [4.69, 9.17) is 10.5 Å². The SMILES string of the molecule is Cl.NC[C@@H]1CN(C(=O)COc2ccc(Br)cc2)C[C@H]1c1ccccc1. The van der Waals surface area contributed by atoms with Crippen LogP contribution in [0.4, 0.5) is 0 Å². The van der Waals surface area contributed by atoms with Crippen molar-refractivity contribution in [3.05, 3.63) is 64.6 Å². The molecule has 2 atom stereocenters. The summed E-state index contributed by atoms with van der Waals surface area (Å²) < 4.78 is 6.59. The fourth-order valence-corrected chi connectivity index (χ4v) is 3.42. The van der Waals surface area contributed by atoms with E-state index in [1.54, 1.807) is 0 Å². The highest BCUT2D eigenvalue weighted by molar-refractivity contribution is 9.10. The second-order valence-corrected chi connectivity index (χ2v) is 6.97. The first-order chi connectivity index (χ1) is 11.7. The minimum absolute atomic E-state index is 0. The van der Waals surface area contributed by atoms with Crippen LogP contribution in [0.15, 0.2) is 59.1 Å². The summed E-state index contributed by atoms with van der Waals surface area (Å²) in [5, 5.41) is 0. The summed E-state index contributed by atoms with van der Waals surface area (Å²) in [6, 6.07) is 17.8. The molecule has 4 nitrogen and oxygen atoms in total. The normalized spacial score (nSPS) is 19.4. The number of ether oxygens (including phenoxy) is 1. The van der Waals surface area contributed by atoms with Gasteiger partial charge < -0.3 is 15.4 Å². The monoisotopic (exact) mass is 424 g/mol. The number of carbonyl (C=O) groups excluding carboxylic acids is 1. The largest absolute Gasteiger partial charge is 0.484 e. The molecule has 2 aromatic carbocycles. The lowest BCUT2D eigenvalue weighted by atomic mass is 9.89. The first-order valence-corrected chi connectivity index (χ1v) is 8.88. The fraction of sp³-hybridized carbons (Fsp3) is 0.316. The number of hydrogen-bond acceptors (Lipinski definition) is 3. The molecule has 1 amide bonds. The van der Waals surface area contributed by atoms with Gasteiger partial charge in [-0.1, -0.05) is 46.3 Å². The summed E-state index contributed by atoms with van der Waals surface area (Å²) in [4.78, 5) is 14.3. The summed E-state index contributed by atoms with van der Waals surface area (Å²) in [7, 11) is 0. The van der Waals surface area contributed by atoms with Gasteiger partial charge in [-0.15, -0.1) is 12.4 Å². The highest BCUT2D eigenvalue weighted by Gasteiger charge is 2.35. The van der Waals surface area contributed by atoms with E-state index in [0.717, 1.165) is 4.47 Å². The molecule has 3 rings (SSSR count). The van der Waals surface area contributed by atoms with E-state index in [1.165, 1.54) is 5.56 Å². The van der Waals surface area contributed by atoms with Gasteiger partial charge in [-0.25, -0.2) is 0 Å². The maximum absolute atomic E-state index is 12.5. The van der Waals surface area contributed by atoms with Gasteiger partial charge in [0.25, 0.3) is 5.91 Å². The van der Waals surface area contributed by atoms with E-state index < -0.39 is 0 Å². The molecule has 1 aliphatic heterocycles. The number of halogens is 2. The first-order valence-electron chi connectivity index (χ1n) is 8.08. The Hall–Kier alpha value is -1.56.